The maximum absolute atomic E-state index is 12.2. The van der Waals surface area contributed by atoms with Crippen molar-refractivity contribution in [1.29, 1.82) is 0 Å². The van der Waals surface area contributed by atoms with Crippen LogP contribution < -0.4 is 16.2 Å². The molecule has 0 aromatic heterocycles. The summed E-state index contributed by atoms with van der Waals surface area (Å²) in [6.07, 6.45) is 3.63. The fourth-order valence-electron chi connectivity index (χ4n) is 3.06. The van der Waals surface area contributed by atoms with Gasteiger partial charge in [-0.25, -0.2) is 0 Å². The van der Waals surface area contributed by atoms with Crippen molar-refractivity contribution in [3.63, 3.8) is 0 Å². The molecule has 4 nitrogen and oxygen atoms in total. The monoisotopic (exact) mass is 333 g/mol. The van der Waals surface area contributed by atoms with Crippen LogP contribution in [0.2, 0.25) is 0 Å². The SMILES string of the molecule is Cc1ccc(C(=O)NNC(=S)N[C@@H]2CCC[C@H](C)[C@@H]2C)cc1C. The quantitative estimate of drug-likeness (QED) is 0.574. The number of hydrogen-bond acceptors (Lipinski definition) is 2. The number of nitrogens with one attached hydrogen (secondary N) is 3. The molecule has 5 heteroatoms. The average Bonchev–Trinajstić information content (AvgIpc) is 2.52. The van der Waals surface area contributed by atoms with Crippen molar-refractivity contribution in [3.8, 4) is 0 Å². The van der Waals surface area contributed by atoms with Crippen molar-refractivity contribution < 1.29 is 4.79 Å². The molecule has 0 spiro atoms. The standard InChI is InChI=1S/C18H27N3OS/c1-11-8-9-15(10-13(11)3)17(22)20-21-18(23)19-16-7-5-6-12(2)14(16)4/h8-10,12,14,16H,5-7H2,1-4H3,(H,20,22)(H2,19,21,23)/t12-,14-,16+/m0/s1. The van der Waals surface area contributed by atoms with E-state index in [4.69, 9.17) is 12.2 Å². The van der Waals surface area contributed by atoms with Gasteiger partial charge < -0.3 is 5.32 Å². The van der Waals surface area contributed by atoms with Crippen molar-refractivity contribution in [2.24, 2.45) is 11.8 Å². The van der Waals surface area contributed by atoms with Crippen molar-refractivity contribution >= 4 is 23.2 Å². The largest absolute Gasteiger partial charge is 0.358 e. The summed E-state index contributed by atoms with van der Waals surface area (Å²) in [5, 5.41) is 3.81. The summed E-state index contributed by atoms with van der Waals surface area (Å²) in [7, 11) is 0. The predicted molar refractivity (Wildman–Crippen MR) is 98.2 cm³/mol. The summed E-state index contributed by atoms with van der Waals surface area (Å²) in [6, 6.07) is 6.03. The lowest BCUT2D eigenvalue weighted by atomic mass is 9.78. The molecule has 0 unspecified atom stereocenters. The molecule has 1 aromatic carbocycles. The van der Waals surface area contributed by atoms with Gasteiger partial charge in [-0.05, 0) is 67.6 Å². The number of amides is 1. The summed E-state index contributed by atoms with van der Waals surface area (Å²) >= 11 is 5.30. The van der Waals surface area contributed by atoms with Crippen molar-refractivity contribution in [2.45, 2.75) is 53.0 Å². The van der Waals surface area contributed by atoms with E-state index in [0.717, 1.165) is 12.0 Å². The highest BCUT2D eigenvalue weighted by Crippen LogP contribution is 2.29. The van der Waals surface area contributed by atoms with Crippen LogP contribution >= 0.6 is 12.2 Å². The highest BCUT2D eigenvalue weighted by Gasteiger charge is 2.27. The van der Waals surface area contributed by atoms with Crippen LogP contribution in [0.5, 0.6) is 0 Å². The van der Waals surface area contributed by atoms with E-state index >= 15 is 0 Å². The topological polar surface area (TPSA) is 53.2 Å². The smallest absolute Gasteiger partial charge is 0.269 e. The Morgan fingerprint density at radius 2 is 1.87 bits per heavy atom. The van der Waals surface area contributed by atoms with E-state index in [-0.39, 0.29) is 5.91 Å². The van der Waals surface area contributed by atoms with Crippen LogP contribution in [0.15, 0.2) is 18.2 Å². The molecule has 0 aliphatic heterocycles. The second-order valence-corrected chi connectivity index (χ2v) is 7.13. The number of aryl methyl sites for hydroxylation is 2. The van der Waals surface area contributed by atoms with E-state index in [9.17, 15) is 4.79 Å². The Labute approximate surface area is 144 Å². The van der Waals surface area contributed by atoms with Gasteiger partial charge in [0.15, 0.2) is 5.11 Å². The van der Waals surface area contributed by atoms with Crippen molar-refractivity contribution in [3.05, 3.63) is 34.9 Å². The van der Waals surface area contributed by atoms with Crippen molar-refractivity contribution in [2.75, 3.05) is 0 Å². The molecule has 1 aliphatic rings. The Morgan fingerprint density at radius 1 is 1.13 bits per heavy atom. The number of hydrazine groups is 1. The Kier molecular flexibility index (Phi) is 5.99. The van der Waals surface area contributed by atoms with Gasteiger partial charge in [0.25, 0.3) is 5.91 Å². The molecule has 1 amide bonds. The van der Waals surface area contributed by atoms with Crippen LogP contribution in [0.3, 0.4) is 0 Å². The van der Waals surface area contributed by atoms with E-state index in [1.54, 1.807) is 0 Å². The zero-order valence-electron chi connectivity index (χ0n) is 14.4. The lowest BCUT2D eigenvalue weighted by molar-refractivity contribution is 0.0943. The minimum absolute atomic E-state index is 0.178. The molecule has 3 atom stereocenters. The first kappa shape index (κ1) is 17.7. The summed E-state index contributed by atoms with van der Waals surface area (Å²) in [4.78, 5) is 12.2. The normalized spacial score (nSPS) is 23.9. The van der Waals surface area contributed by atoms with E-state index in [1.165, 1.54) is 18.4 Å². The van der Waals surface area contributed by atoms with Crippen LogP contribution in [0.4, 0.5) is 0 Å². The van der Waals surface area contributed by atoms with Crippen LogP contribution in [0.1, 0.15) is 54.6 Å². The van der Waals surface area contributed by atoms with Gasteiger partial charge in [0.05, 0.1) is 0 Å². The molecule has 126 valence electrons. The third-order valence-electron chi connectivity index (χ3n) is 5.08. The third kappa shape index (κ3) is 4.67. The Bertz CT molecular complexity index is 588. The second-order valence-electron chi connectivity index (χ2n) is 6.73. The molecular formula is C18H27N3OS. The molecule has 1 fully saturated rings. The molecule has 1 aliphatic carbocycles. The van der Waals surface area contributed by atoms with Crippen LogP contribution in [-0.2, 0) is 0 Å². The molecule has 1 aromatic rings. The number of carbonyl (C=O) groups excluding carboxylic acids is 1. The zero-order chi connectivity index (χ0) is 17.0. The number of rotatable bonds is 2. The summed E-state index contributed by atoms with van der Waals surface area (Å²) in [5.41, 5.74) is 8.39. The summed E-state index contributed by atoms with van der Waals surface area (Å²) < 4.78 is 0. The zero-order valence-corrected chi connectivity index (χ0v) is 15.2. The van der Waals surface area contributed by atoms with Gasteiger partial charge in [-0.2, -0.15) is 0 Å². The number of hydrogen-bond donors (Lipinski definition) is 3. The first-order valence-corrected chi connectivity index (χ1v) is 8.73. The fourth-order valence-corrected chi connectivity index (χ4v) is 3.26. The van der Waals surface area contributed by atoms with Crippen molar-refractivity contribution in [1.82, 2.24) is 16.2 Å². The lowest BCUT2D eigenvalue weighted by Crippen LogP contribution is -2.52. The van der Waals surface area contributed by atoms with E-state index in [2.05, 4.69) is 30.0 Å². The average molecular weight is 334 g/mol. The Morgan fingerprint density at radius 3 is 2.57 bits per heavy atom. The van der Waals surface area contributed by atoms with Gasteiger partial charge in [0, 0.05) is 11.6 Å². The molecule has 1 saturated carbocycles. The second kappa shape index (κ2) is 7.77. The highest BCUT2D eigenvalue weighted by atomic mass is 32.1. The van der Waals surface area contributed by atoms with Gasteiger partial charge in [-0.3, -0.25) is 15.6 Å². The minimum Gasteiger partial charge on any atom is -0.358 e. The van der Waals surface area contributed by atoms with Crippen LogP contribution in [-0.4, -0.2) is 17.1 Å². The molecule has 0 saturated heterocycles. The van der Waals surface area contributed by atoms with E-state index in [0.29, 0.717) is 28.6 Å². The van der Waals surface area contributed by atoms with Crippen LogP contribution in [0, 0.1) is 25.7 Å². The van der Waals surface area contributed by atoms with Gasteiger partial charge >= 0.3 is 0 Å². The van der Waals surface area contributed by atoms with Crippen LogP contribution in [0.25, 0.3) is 0 Å². The van der Waals surface area contributed by atoms with E-state index in [1.807, 2.05) is 32.0 Å². The summed E-state index contributed by atoms with van der Waals surface area (Å²) in [6.45, 7) is 8.58. The highest BCUT2D eigenvalue weighted by molar-refractivity contribution is 7.80. The Hall–Kier alpha value is -1.62. The predicted octanol–water partition coefficient (Wildman–Crippen LogP) is 3.24. The molecule has 0 heterocycles. The third-order valence-corrected chi connectivity index (χ3v) is 5.30. The molecule has 23 heavy (non-hydrogen) atoms. The number of benzene rings is 1. The molecule has 0 radical (unpaired) electrons. The summed E-state index contributed by atoms with van der Waals surface area (Å²) in [5.74, 6) is 1.11. The van der Waals surface area contributed by atoms with Gasteiger partial charge in [0.2, 0.25) is 0 Å². The molecular weight excluding hydrogens is 306 g/mol. The number of carbonyl (C=O) groups is 1. The first-order chi connectivity index (χ1) is 10.9. The maximum atomic E-state index is 12.2. The molecule has 0 bridgehead atoms. The minimum atomic E-state index is -0.178. The van der Waals surface area contributed by atoms with Gasteiger partial charge in [-0.15, -0.1) is 0 Å². The van der Waals surface area contributed by atoms with Gasteiger partial charge in [-0.1, -0.05) is 32.8 Å². The van der Waals surface area contributed by atoms with E-state index < -0.39 is 0 Å². The van der Waals surface area contributed by atoms with Gasteiger partial charge in [0.1, 0.15) is 0 Å². The maximum Gasteiger partial charge on any atom is 0.269 e. The number of thiocarbonyl (C=S) groups is 1. The lowest BCUT2D eigenvalue weighted by Gasteiger charge is -2.35. The first-order valence-electron chi connectivity index (χ1n) is 8.32. The fraction of sp³-hybridized carbons (Fsp3) is 0.556. The molecule has 3 N–H and O–H groups in total. The Balaban J connectivity index is 1.84. The molecule has 2 rings (SSSR count).